The Morgan fingerprint density at radius 2 is 1.91 bits per heavy atom. The van der Waals surface area contributed by atoms with Crippen molar-refractivity contribution in [2.75, 3.05) is 12.3 Å². The highest BCUT2D eigenvalue weighted by molar-refractivity contribution is 7.99. The number of aromatic nitrogens is 1. The molecule has 7 nitrogen and oxygen atoms in total. The Morgan fingerprint density at radius 1 is 1.15 bits per heavy atom. The van der Waals surface area contributed by atoms with Crippen molar-refractivity contribution >= 4 is 46.0 Å². The van der Waals surface area contributed by atoms with E-state index in [4.69, 9.17) is 20.9 Å². The number of nitrogens with zero attached hydrogens (tertiary/aromatic N) is 2. The number of thioether (sulfide) groups is 1. The van der Waals surface area contributed by atoms with Gasteiger partial charge in [-0.3, -0.25) is 14.4 Å². The van der Waals surface area contributed by atoms with E-state index >= 15 is 8.78 Å². The number of carbonyl (C=O) groups excluding carboxylic acids is 2. The molecular weight excluding hydrogens is 646 g/mol. The molecular formula is C36H35ClF2N2O5S. The molecule has 5 aliphatic rings. The summed E-state index contributed by atoms with van der Waals surface area (Å²) >= 11 is 7.30. The highest BCUT2D eigenvalue weighted by Gasteiger charge is 2.79. The molecule has 3 aromatic rings. The standard InChI is InChI=1S/C36H35ClF2N2O5S/c1-33-12-11-23(42)14-26(33)27(38)15-25-24-13-21-18-41(17-20-7-9-22(37)10-8-20)46-36(21,34(24,2)16-30(43)35(25,33)39)31(44)19-47-32-40-28-5-3-4-6-29(28)45-32/h3-12,14,21,24-25,27,30,43H,13,15-19H2,1-2H3/t21-,24-,25-,27-,30-,33-,34-,35-,36-/m0/s1. The lowest BCUT2D eigenvalue weighted by molar-refractivity contribution is -0.268. The first-order chi connectivity index (χ1) is 22.4. The van der Waals surface area contributed by atoms with Crippen LogP contribution in [0.3, 0.4) is 0 Å². The number of hydrogen-bond acceptors (Lipinski definition) is 8. The molecule has 4 fully saturated rings. The van der Waals surface area contributed by atoms with Gasteiger partial charge in [-0.15, -0.1) is 0 Å². The lowest BCUT2D eigenvalue weighted by Crippen LogP contribution is -2.70. The van der Waals surface area contributed by atoms with Crippen LogP contribution < -0.4 is 0 Å². The molecule has 9 atom stereocenters. The zero-order chi connectivity index (χ0) is 32.9. The highest BCUT2D eigenvalue weighted by Crippen LogP contribution is 2.72. The molecule has 1 aliphatic heterocycles. The fraction of sp³-hybridized carbons (Fsp3) is 0.472. The van der Waals surface area contributed by atoms with E-state index in [1.807, 2.05) is 43.3 Å². The van der Waals surface area contributed by atoms with Crippen molar-refractivity contribution < 1.29 is 32.7 Å². The van der Waals surface area contributed by atoms with Crippen molar-refractivity contribution in [2.24, 2.45) is 28.6 Å². The first-order valence-corrected chi connectivity index (χ1v) is 17.4. The summed E-state index contributed by atoms with van der Waals surface area (Å²) < 4.78 is 39.7. The number of Topliss-reactive ketones (excluding diaryl/α,β-unsaturated/α-hetero) is 1. The van der Waals surface area contributed by atoms with Gasteiger partial charge < -0.3 is 9.52 Å². The van der Waals surface area contributed by atoms with Crippen molar-refractivity contribution in [2.45, 2.75) is 68.4 Å². The topological polar surface area (TPSA) is 92.9 Å². The predicted molar refractivity (Wildman–Crippen MR) is 173 cm³/mol. The van der Waals surface area contributed by atoms with Gasteiger partial charge in [0.2, 0.25) is 0 Å². The number of benzene rings is 2. The summed E-state index contributed by atoms with van der Waals surface area (Å²) in [5, 5.41) is 14.7. The van der Waals surface area contributed by atoms with Gasteiger partial charge in [-0.05, 0) is 79.7 Å². The Kier molecular flexibility index (Phi) is 7.22. The highest BCUT2D eigenvalue weighted by atomic mass is 35.5. The van der Waals surface area contributed by atoms with Gasteiger partial charge in [-0.25, -0.2) is 13.8 Å². The van der Waals surface area contributed by atoms with E-state index in [1.165, 1.54) is 30.0 Å². The van der Waals surface area contributed by atoms with Gasteiger partial charge in [-0.1, -0.05) is 60.6 Å². The summed E-state index contributed by atoms with van der Waals surface area (Å²) in [6, 6.07) is 14.8. The van der Waals surface area contributed by atoms with Crippen molar-refractivity contribution in [1.29, 1.82) is 0 Å². The monoisotopic (exact) mass is 680 g/mol. The fourth-order valence-corrected chi connectivity index (χ4v) is 10.8. The number of fused-ring (bicyclic) bond motifs is 8. The molecule has 0 amide bonds. The number of allylic oxidation sites excluding steroid dienone is 4. The third-order valence-electron chi connectivity index (χ3n) is 12.0. The summed E-state index contributed by atoms with van der Waals surface area (Å²) in [5.74, 6) is -2.29. The molecule has 1 aromatic heterocycles. The van der Waals surface area contributed by atoms with E-state index < -0.39 is 46.2 Å². The second kappa shape index (κ2) is 10.8. The maximum Gasteiger partial charge on any atom is 0.257 e. The van der Waals surface area contributed by atoms with Crippen LogP contribution in [0.25, 0.3) is 11.1 Å². The Morgan fingerprint density at radius 3 is 2.68 bits per heavy atom. The van der Waals surface area contributed by atoms with Crippen LogP contribution in [-0.2, 0) is 21.0 Å². The number of ketones is 2. The molecule has 11 heteroatoms. The number of halogens is 3. The minimum absolute atomic E-state index is 0.0108. The quantitative estimate of drug-likeness (QED) is 0.282. The molecule has 47 heavy (non-hydrogen) atoms. The third-order valence-corrected chi connectivity index (χ3v) is 13.0. The van der Waals surface area contributed by atoms with Crippen LogP contribution in [0.1, 0.15) is 38.7 Å². The van der Waals surface area contributed by atoms with E-state index in [0.29, 0.717) is 40.9 Å². The van der Waals surface area contributed by atoms with Gasteiger partial charge in [-0.2, -0.15) is 5.06 Å². The van der Waals surface area contributed by atoms with Crippen LogP contribution >= 0.6 is 23.4 Å². The fourth-order valence-electron chi connectivity index (χ4n) is 9.86. The van der Waals surface area contributed by atoms with E-state index in [-0.39, 0.29) is 41.7 Å². The Bertz CT molecular complexity index is 1820. The molecule has 1 N–H and O–H groups in total. The number of carbonyl (C=O) groups is 2. The summed E-state index contributed by atoms with van der Waals surface area (Å²) in [4.78, 5) is 38.3. The van der Waals surface area contributed by atoms with Crippen LogP contribution in [0.15, 0.2) is 82.0 Å². The average molecular weight is 681 g/mol. The average Bonchev–Trinajstić information content (AvgIpc) is 3.69. The molecule has 0 unspecified atom stereocenters. The largest absolute Gasteiger partial charge is 0.431 e. The molecule has 8 rings (SSSR count). The van der Waals surface area contributed by atoms with Crippen LogP contribution in [0, 0.1) is 28.6 Å². The number of aliphatic hydroxyl groups excluding tert-OH is 1. The lowest BCUT2D eigenvalue weighted by Gasteiger charge is -2.63. The summed E-state index contributed by atoms with van der Waals surface area (Å²) in [7, 11) is 0. The van der Waals surface area contributed by atoms with Gasteiger partial charge in [0, 0.05) is 40.8 Å². The molecule has 0 bridgehead atoms. The normalized spacial score (nSPS) is 39.3. The van der Waals surface area contributed by atoms with Gasteiger partial charge in [0.25, 0.3) is 5.22 Å². The molecule has 2 aromatic carbocycles. The second-order valence-corrected chi connectivity index (χ2v) is 15.6. The van der Waals surface area contributed by atoms with Gasteiger partial charge in [0.15, 0.2) is 28.4 Å². The van der Waals surface area contributed by atoms with E-state index in [2.05, 4.69) is 4.98 Å². The van der Waals surface area contributed by atoms with E-state index in [0.717, 1.165) is 5.56 Å². The minimum atomic E-state index is -2.23. The van der Waals surface area contributed by atoms with Gasteiger partial charge in [0.1, 0.15) is 11.7 Å². The SMILES string of the molecule is C[C@]12C=CC(=O)C=C1[C@@H](F)C[C@H]1[C@@H]3C[C@H]4CN(Cc5ccc(Cl)cc5)O[C@@]4(C(=O)CSc4nc5ccccc5o4)[C@@]3(C)C[C@H](O)[C@@]12F. The van der Waals surface area contributed by atoms with Crippen LogP contribution in [-0.4, -0.2) is 62.6 Å². The number of hydrogen-bond donors (Lipinski definition) is 1. The zero-order valence-corrected chi connectivity index (χ0v) is 27.6. The number of hydroxylamine groups is 2. The third kappa shape index (κ3) is 4.37. The Hall–Kier alpha value is -2.89. The van der Waals surface area contributed by atoms with E-state index in [1.54, 1.807) is 24.1 Å². The summed E-state index contributed by atoms with van der Waals surface area (Å²) in [6.45, 7) is 4.31. The molecule has 3 saturated carbocycles. The van der Waals surface area contributed by atoms with Crippen molar-refractivity contribution in [3.8, 4) is 0 Å². The number of para-hydroxylation sites is 2. The molecule has 0 radical (unpaired) electrons. The lowest BCUT2D eigenvalue weighted by atomic mass is 9.44. The zero-order valence-electron chi connectivity index (χ0n) is 26.0. The molecule has 1 saturated heterocycles. The minimum Gasteiger partial charge on any atom is -0.431 e. The molecule has 4 aliphatic carbocycles. The van der Waals surface area contributed by atoms with Gasteiger partial charge >= 0.3 is 0 Å². The number of rotatable bonds is 6. The molecule has 2 heterocycles. The van der Waals surface area contributed by atoms with Crippen LogP contribution in [0.4, 0.5) is 8.78 Å². The van der Waals surface area contributed by atoms with Crippen molar-refractivity contribution in [3.05, 3.63) is 82.9 Å². The molecule has 246 valence electrons. The second-order valence-electron chi connectivity index (χ2n) is 14.2. The van der Waals surface area contributed by atoms with Gasteiger partial charge in [0.05, 0.1) is 11.9 Å². The van der Waals surface area contributed by atoms with Crippen molar-refractivity contribution in [1.82, 2.24) is 10.0 Å². The first-order valence-electron chi connectivity index (χ1n) is 16.1. The molecule has 0 spiro atoms. The van der Waals surface area contributed by atoms with E-state index in [9.17, 15) is 14.7 Å². The van der Waals surface area contributed by atoms with Crippen molar-refractivity contribution in [3.63, 3.8) is 0 Å². The summed E-state index contributed by atoms with van der Waals surface area (Å²) in [5.41, 5.74) is -3.81. The maximum atomic E-state index is 17.8. The van der Waals surface area contributed by atoms with Crippen LogP contribution in [0.5, 0.6) is 0 Å². The number of aliphatic hydroxyl groups is 1. The number of oxazole rings is 1. The number of alkyl halides is 2. The predicted octanol–water partition coefficient (Wildman–Crippen LogP) is 6.87. The summed E-state index contributed by atoms with van der Waals surface area (Å²) in [6.07, 6.45) is 1.01. The smallest absolute Gasteiger partial charge is 0.257 e. The first kappa shape index (κ1) is 31.4. The maximum absolute atomic E-state index is 17.8. The Labute approximate surface area is 280 Å². The van der Waals surface area contributed by atoms with Crippen LogP contribution in [0.2, 0.25) is 5.02 Å². The Balaban J connectivity index is 1.16.